The predicted molar refractivity (Wildman–Crippen MR) is 109 cm³/mol. The summed E-state index contributed by atoms with van der Waals surface area (Å²) in [6.45, 7) is 1.33. The van der Waals surface area contributed by atoms with Crippen molar-refractivity contribution < 1.29 is 14.3 Å². The van der Waals surface area contributed by atoms with E-state index in [2.05, 4.69) is 11.2 Å². The lowest BCUT2D eigenvalue weighted by Gasteiger charge is -2.28. The molecule has 2 heterocycles. The van der Waals surface area contributed by atoms with Gasteiger partial charge in [0.15, 0.2) is 6.61 Å². The minimum atomic E-state index is -0.568. The second kappa shape index (κ2) is 8.49. The first kappa shape index (κ1) is 19.2. The number of rotatable bonds is 5. The van der Waals surface area contributed by atoms with Gasteiger partial charge in [0.05, 0.1) is 18.3 Å². The number of aromatic nitrogens is 2. The summed E-state index contributed by atoms with van der Waals surface area (Å²) in [5.74, 6) is -0.766. The summed E-state index contributed by atoms with van der Waals surface area (Å²) < 4.78 is 6.82. The number of amides is 1. The second-order valence-electron chi connectivity index (χ2n) is 6.93. The third-order valence-corrected chi connectivity index (χ3v) is 5.34. The molecule has 0 saturated heterocycles. The van der Waals surface area contributed by atoms with Gasteiger partial charge in [-0.1, -0.05) is 54.1 Å². The number of halogens is 1. The second-order valence-corrected chi connectivity index (χ2v) is 7.34. The van der Waals surface area contributed by atoms with E-state index in [-0.39, 0.29) is 12.5 Å². The molecule has 2 aromatic carbocycles. The van der Waals surface area contributed by atoms with E-state index in [1.807, 2.05) is 36.4 Å². The Morgan fingerprint density at radius 3 is 2.66 bits per heavy atom. The predicted octanol–water partition coefficient (Wildman–Crippen LogP) is 3.33. The van der Waals surface area contributed by atoms with Gasteiger partial charge in [-0.15, -0.1) is 0 Å². The lowest BCUT2D eigenvalue weighted by atomic mass is 10.00. The van der Waals surface area contributed by atoms with Crippen LogP contribution in [0.3, 0.4) is 0 Å². The van der Waals surface area contributed by atoms with E-state index in [0.29, 0.717) is 30.2 Å². The minimum Gasteiger partial charge on any atom is -0.452 e. The van der Waals surface area contributed by atoms with Crippen molar-refractivity contribution in [2.45, 2.75) is 19.5 Å². The molecule has 0 saturated carbocycles. The molecule has 29 heavy (non-hydrogen) atoms. The Morgan fingerprint density at radius 1 is 1.07 bits per heavy atom. The maximum Gasteiger partial charge on any atom is 0.341 e. The topological polar surface area (TPSA) is 64.4 Å². The normalized spacial score (nSPS) is 13.1. The quantitative estimate of drug-likeness (QED) is 0.606. The number of ether oxygens (including phenoxy) is 1. The zero-order valence-electron chi connectivity index (χ0n) is 15.8. The largest absolute Gasteiger partial charge is 0.452 e. The average Bonchev–Trinajstić information content (AvgIpc) is 3.22. The molecule has 0 spiro atoms. The fraction of sp³-hybridized carbons (Fsp3) is 0.227. The first-order valence-electron chi connectivity index (χ1n) is 9.37. The molecule has 7 heteroatoms. The fourth-order valence-electron chi connectivity index (χ4n) is 3.37. The number of hydrogen-bond donors (Lipinski definition) is 0. The number of nitrogens with zero attached hydrogens (tertiary/aromatic N) is 3. The van der Waals surface area contributed by atoms with Crippen molar-refractivity contribution in [1.29, 1.82) is 0 Å². The Labute approximate surface area is 173 Å². The summed E-state index contributed by atoms with van der Waals surface area (Å²) in [6, 6.07) is 15.5. The summed E-state index contributed by atoms with van der Waals surface area (Å²) in [4.78, 5) is 26.5. The van der Waals surface area contributed by atoms with E-state index in [9.17, 15) is 9.59 Å². The molecule has 148 valence electrons. The molecule has 0 radical (unpaired) electrons. The summed E-state index contributed by atoms with van der Waals surface area (Å²) in [5, 5.41) is 4.82. The Kier molecular flexibility index (Phi) is 5.62. The summed E-state index contributed by atoms with van der Waals surface area (Å²) in [7, 11) is 0. The highest BCUT2D eigenvalue weighted by Gasteiger charge is 2.22. The van der Waals surface area contributed by atoms with E-state index in [1.165, 1.54) is 11.8 Å². The van der Waals surface area contributed by atoms with E-state index < -0.39 is 5.97 Å². The number of esters is 1. The lowest BCUT2D eigenvalue weighted by molar-refractivity contribution is -0.135. The van der Waals surface area contributed by atoms with E-state index in [0.717, 1.165) is 17.5 Å². The molecular weight excluding hydrogens is 390 g/mol. The molecule has 1 aromatic heterocycles. The van der Waals surface area contributed by atoms with Gasteiger partial charge in [0, 0.05) is 24.3 Å². The van der Waals surface area contributed by atoms with Crippen molar-refractivity contribution in [1.82, 2.24) is 14.7 Å². The molecule has 3 aromatic rings. The summed E-state index contributed by atoms with van der Waals surface area (Å²) in [6.07, 6.45) is 3.83. The van der Waals surface area contributed by atoms with Gasteiger partial charge in [0.25, 0.3) is 5.91 Å². The Hall–Kier alpha value is -3.12. The van der Waals surface area contributed by atoms with Gasteiger partial charge >= 0.3 is 5.97 Å². The molecule has 1 amide bonds. The number of fused-ring (bicyclic) bond motifs is 1. The van der Waals surface area contributed by atoms with Crippen LogP contribution in [0.15, 0.2) is 60.9 Å². The minimum absolute atomic E-state index is 0.198. The number of carbonyl (C=O) groups excluding carboxylic acids is 2. The molecular formula is C22H20ClN3O3. The van der Waals surface area contributed by atoms with Crippen LogP contribution in [0.2, 0.25) is 5.02 Å². The number of carbonyl (C=O) groups is 2. The highest BCUT2D eigenvalue weighted by atomic mass is 35.5. The summed E-state index contributed by atoms with van der Waals surface area (Å²) in [5.41, 5.74) is 3.60. The molecule has 0 fully saturated rings. The zero-order valence-corrected chi connectivity index (χ0v) is 16.5. The Morgan fingerprint density at radius 2 is 1.83 bits per heavy atom. The Balaban J connectivity index is 1.32. The van der Waals surface area contributed by atoms with Crippen LogP contribution in [0, 0.1) is 0 Å². The Bertz CT molecular complexity index is 1050. The van der Waals surface area contributed by atoms with Crippen molar-refractivity contribution in [2.24, 2.45) is 0 Å². The maximum atomic E-state index is 12.4. The number of benzene rings is 2. The fourth-order valence-corrected chi connectivity index (χ4v) is 3.56. The van der Waals surface area contributed by atoms with Crippen LogP contribution < -0.4 is 0 Å². The summed E-state index contributed by atoms with van der Waals surface area (Å²) >= 11 is 6.16. The molecule has 1 aliphatic rings. The standard InChI is InChI=1S/C22H20ClN3O3/c23-20-8-4-3-7-18(20)13-26-14-19(11-24-26)22(28)29-15-21(27)25-10-9-16-5-1-2-6-17(16)12-25/h1-8,11,14H,9-10,12-13,15H2. The van der Waals surface area contributed by atoms with Crippen LogP contribution in [-0.4, -0.2) is 39.7 Å². The van der Waals surface area contributed by atoms with Crippen LogP contribution in [0.25, 0.3) is 0 Å². The van der Waals surface area contributed by atoms with Gasteiger partial charge in [-0.3, -0.25) is 9.48 Å². The molecule has 0 unspecified atom stereocenters. The van der Waals surface area contributed by atoms with Gasteiger partial charge in [-0.25, -0.2) is 4.79 Å². The van der Waals surface area contributed by atoms with E-state index >= 15 is 0 Å². The first-order valence-corrected chi connectivity index (χ1v) is 9.75. The molecule has 0 aliphatic carbocycles. The van der Waals surface area contributed by atoms with Crippen LogP contribution >= 0.6 is 11.6 Å². The third-order valence-electron chi connectivity index (χ3n) is 4.97. The molecule has 0 bridgehead atoms. The molecule has 1 aliphatic heterocycles. The van der Waals surface area contributed by atoms with Crippen LogP contribution in [0.1, 0.15) is 27.0 Å². The van der Waals surface area contributed by atoms with Crippen molar-refractivity contribution >= 4 is 23.5 Å². The zero-order chi connectivity index (χ0) is 20.2. The van der Waals surface area contributed by atoms with E-state index in [4.69, 9.17) is 16.3 Å². The molecule has 0 N–H and O–H groups in total. The third kappa shape index (κ3) is 4.49. The highest BCUT2D eigenvalue weighted by Crippen LogP contribution is 2.19. The molecule has 6 nitrogen and oxygen atoms in total. The van der Waals surface area contributed by atoms with Gasteiger partial charge < -0.3 is 9.64 Å². The van der Waals surface area contributed by atoms with Gasteiger partial charge in [0.1, 0.15) is 0 Å². The van der Waals surface area contributed by atoms with Crippen molar-refractivity contribution in [3.8, 4) is 0 Å². The van der Waals surface area contributed by atoms with Crippen molar-refractivity contribution in [2.75, 3.05) is 13.2 Å². The van der Waals surface area contributed by atoms with Crippen LogP contribution in [-0.2, 0) is 29.0 Å². The van der Waals surface area contributed by atoms with Gasteiger partial charge in [-0.05, 0) is 29.2 Å². The molecule has 0 atom stereocenters. The van der Waals surface area contributed by atoms with Gasteiger partial charge in [0.2, 0.25) is 0 Å². The van der Waals surface area contributed by atoms with Crippen molar-refractivity contribution in [3.05, 3.63) is 88.2 Å². The molecule has 4 rings (SSSR count). The lowest BCUT2D eigenvalue weighted by Crippen LogP contribution is -2.38. The van der Waals surface area contributed by atoms with E-state index in [1.54, 1.807) is 21.8 Å². The smallest absolute Gasteiger partial charge is 0.341 e. The monoisotopic (exact) mass is 409 g/mol. The first-order chi connectivity index (χ1) is 14.1. The van der Waals surface area contributed by atoms with Crippen molar-refractivity contribution in [3.63, 3.8) is 0 Å². The van der Waals surface area contributed by atoms with Crippen LogP contribution in [0.4, 0.5) is 0 Å². The van der Waals surface area contributed by atoms with Gasteiger partial charge in [-0.2, -0.15) is 5.10 Å². The number of hydrogen-bond acceptors (Lipinski definition) is 4. The average molecular weight is 410 g/mol. The maximum absolute atomic E-state index is 12.4. The highest BCUT2D eigenvalue weighted by molar-refractivity contribution is 6.31. The van der Waals surface area contributed by atoms with Crippen LogP contribution in [0.5, 0.6) is 0 Å². The SMILES string of the molecule is O=C(OCC(=O)N1CCc2ccccc2C1)c1cnn(Cc2ccccc2Cl)c1.